The summed E-state index contributed by atoms with van der Waals surface area (Å²) in [6.07, 6.45) is 0.273. The summed E-state index contributed by atoms with van der Waals surface area (Å²) in [5, 5.41) is 34.0. The lowest BCUT2D eigenvalue weighted by molar-refractivity contribution is -0.142. The maximum atomic E-state index is 12.2. The first-order valence-electron chi connectivity index (χ1n) is 8.70. The van der Waals surface area contributed by atoms with E-state index in [9.17, 15) is 29.4 Å². The maximum Gasteiger partial charge on any atom is 0.326 e. The van der Waals surface area contributed by atoms with Gasteiger partial charge < -0.3 is 48.5 Å². The highest BCUT2D eigenvalue weighted by molar-refractivity contribution is 5.93. The lowest BCUT2D eigenvalue weighted by Crippen LogP contribution is -2.57. The molecule has 0 aromatic heterocycles. The van der Waals surface area contributed by atoms with E-state index in [1.807, 2.05) is 0 Å². The first-order valence-corrected chi connectivity index (χ1v) is 8.70. The maximum absolute atomic E-state index is 12.2. The van der Waals surface area contributed by atoms with Crippen molar-refractivity contribution in [3.8, 4) is 0 Å². The Morgan fingerprint density at radius 3 is 2.00 bits per heavy atom. The van der Waals surface area contributed by atoms with E-state index >= 15 is 0 Å². The Bertz CT molecular complexity index is 610. The molecule has 0 rings (SSSR count). The van der Waals surface area contributed by atoms with Gasteiger partial charge in [-0.05, 0) is 19.8 Å². The van der Waals surface area contributed by atoms with Crippen LogP contribution in [0.1, 0.15) is 19.8 Å². The van der Waals surface area contributed by atoms with Crippen LogP contribution in [0.25, 0.3) is 0 Å². The second-order valence-electron chi connectivity index (χ2n) is 6.11. The van der Waals surface area contributed by atoms with Crippen LogP contribution in [0, 0.1) is 0 Å². The van der Waals surface area contributed by atoms with Crippen LogP contribution in [0.15, 0.2) is 4.99 Å². The van der Waals surface area contributed by atoms with Crippen LogP contribution in [-0.2, 0) is 19.2 Å². The minimum atomic E-state index is -1.45. The minimum absolute atomic E-state index is 0.00938. The first-order chi connectivity index (χ1) is 13.5. The molecule has 0 saturated carbocycles. The Hall–Kier alpha value is -2.97. The van der Waals surface area contributed by atoms with Gasteiger partial charge in [-0.2, -0.15) is 0 Å². The topological polar surface area (TPSA) is 255 Å². The van der Waals surface area contributed by atoms with Crippen LogP contribution < -0.4 is 33.2 Å². The Balaban J connectivity index is 4.78. The molecule has 0 aliphatic carbocycles. The normalized spacial score (nSPS) is 14.6. The summed E-state index contributed by atoms with van der Waals surface area (Å²) in [6.45, 7) is 0.0268. The third-order valence-electron chi connectivity index (χ3n) is 3.66. The van der Waals surface area contributed by atoms with Gasteiger partial charge in [0, 0.05) is 6.54 Å². The Morgan fingerprint density at radius 1 is 0.931 bits per heavy atom. The Kier molecular flexibility index (Phi) is 11.9. The van der Waals surface area contributed by atoms with Crippen LogP contribution in [0.3, 0.4) is 0 Å². The van der Waals surface area contributed by atoms with Crippen LogP contribution in [-0.4, -0.2) is 88.9 Å². The van der Waals surface area contributed by atoms with Crippen molar-refractivity contribution in [1.82, 2.24) is 16.0 Å². The summed E-state index contributed by atoms with van der Waals surface area (Å²) in [5.41, 5.74) is 15.6. The number of aliphatic imine (C=N–C) groups is 1. The summed E-state index contributed by atoms with van der Waals surface area (Å²) in [7, 11) is 0. The van der Waals surface area contributed by atoms with Crippen molar-refractivity contribution in [1.29, 1.82) is 0 Å². The zero-order chi connectivity index (χ0) is 22.6. The lowest BCUT2D eigenvalue weighted by Gasteiger charge is -2.22. The van der Waals surface area contributed by atoms with E-state index in [1.54, 1.807) is 0 Å². The molecule has 0 saturated heterocycles. The number of nitrogens with one attached hydrogen (secondary N) is 3. The van der Waals surface area contributed by atoms with Crippen molar-refractivity contribution >= 4 is 29.7 Å². The molecule has 29 heavy (non-hydrogen) atoms. The molecule has 14 heteroatoms. The number of nitrogens with two attached hydrogens (primary N) is 3. The number of hydrogen-bond acceptors (Lipinski definition) is 8. The van der Waals surface area contributed by atoms with E-state index in [4.69, 9.17) is 22.3 Å². The number of aliphatic carboxylic acids is 1. The highest BCUT2D eigenvalue weighted by Gasteiger charge is 2.28. The molecule has 4 atom stereocenters. The van der Waals surface area contributed by atoms with Crippen LogP contribution in [0.5, 0.6) is 0 Å². The molecule has 0 bridgehead atoms. The van der Waals surface area contributed by atoms with Crippen molar-refractivity contribution in [2.75, 3.05) is 19.8 Å². The molecule has 0 spiro atoms. The fraction of sp³-hybridized carbons (Fsp3) is 0.667. The molecular weight excluding hydrogens is 390 g/mol. The highest BCUT2D eigenvalue weighted by Crippen LogP contribution is 2.00. The van der Waals surface area contributed by atoms with Gasteiger partial charge in [-0.1, -0.05) is 0 Å². The van der Waals surface area contributed by atoms with Gasteiger partial charge in [-0.15, -0.1) is 0 Å². The molecule has 0 aromatic rings. The number of nitrogens with zero attached hydrogens (tertiary/aromatic N) is 1. The van der Waals surface area contributed by atoms with Gasteiger partial charge in [0.15, 0.2) is 5.96 Å². The third-order valence-corrected chi connectivity index (χ3v) is 3.66. The Labute approximate surface area is 166 Å². The number of aliphatic hydroxyl groups is 2. The monoisotopic (exact) mass is 419 g/mol. The molecule has 12 N–H and O–H groups in total. The number of rotatable bonds is 13. The number of hydrogen-bond donors (Lipinski definition) is 9. The fourth-order valence-corrected chi connectivity index (χ4v) is 1.99. The number of carbonyl (C=O) groups excluding carboxylic acids is 3. The van der Waals surface area contributed by atoms with Crippen molar-refractivity contribution in [3.63, 3.8) is 0 Å². The van der Waals surface area contributed by atoms with E-state index < -0.39 is 61.1 Å². The molecule has 14 nitrogen and oxygen atoms in total. The van der Waals surface area contributed by atoms with Crippen LogP contribution in [0.4, 0.5) is 0 Å². The summed E-state index contributed by atoms with van der Waals surface area (Å²) in [6, 6.07) is -5.09. The standard InChI is InChI=1S/C15H29N7O7/c1-7(20-12(26)8(16)5-23)11(25)22-10(6-24)13(27)21-9(14(28)29)3-2-4-19-15(17)18/h7-10,23-24H,2-6,16H2,1H3,(H,20,26)(H,21,27)(H,22,25)(H,28,29)(H4,17,18,19). The second kappa shape index (κ2) is 13.2. The van der Waals surface area contributed by atoms with Gasteiger partial charge in [0.2, 0.25) is 17.7 Å². The molecular formula is C15H29N7O7. The van der Waals surface area contributed by atoms with Crippen molar-refractivity contribution in [2.45, 2.75) is 43.9 Å². The van der Waals surface area contributed by atoms with Gasteiger partial charge >= 0.3 is 5.97 Å². The van der Waals surface area contributed by atoms with Gasteiger partial charge in [0.05, 0.1) is 13.2 Å². The third kappa shape index (κ3) is 10.2. The highest BCUT2D eigenvalue weighted by atomic mass is 16.4. The zero-order valence-corrected chi connectivity index (χ0v) is 16.0. The molecule has 0 fully saturated rings. The summed E-state index contributed by atoms with van der Waals surface area (Å²) in [5.74, 6) is -4.00. The smallest absolute Gasteiger partial charge is 0.326 e. The van der Waals surface area contributed by atoms with Gasteiger partial charge in [-0.25, -0.2) is 4.79 Å². The predicted octanol–water partition coefficient (Wildman–Crippen LogP) is -5.09. The largest absolute Gasteiger partial charge is 0.480 e. The van der Waals surface area contributed by atoms with E-state index in [0.29, 0.717) is 0 Å². The second-order valence-corrected chi connectivity index (χ2v) is 6.11. The molecule has 4 unspecified atom stereocenters. The Morgan fingerprint density at radius 2 is 1.52 bits per heavy atom. The SMILES string of the molecule is CC(NC(=O)C(N)CO)C(=O)NC(CO)C(=O)NC(CCCN=C(N)N)C(=O)O. The van der Waals surface area contributed by atoms with Crippen molar-refractivity contribution in [3.05, 3.63) is 0 Å². The predicted molar refractivity (Wildman–Crippen MR) is 101 cm³/mol. The molecule has 0 heterocycles. The van der Waals surface area contributed by atoms with Gasteiger partial charge in [0.25, 0.3) is 0 Å². The molecule has 0 aliphatic rings. The molecule has 3 amide bonds. The van der Waals surface area contributed by atoms with E-state index in [0.717, 1.165) is 0 Å². The van der Waals surface area contributed by atoms with E-state index in [-0.39, 0.29) is 25.3 Å². The zero-order valence-electron chi connectivity index (χ0n) is 16.0. The average molecular weight is 419 g/mol. The van der Waals surface area contributed by atoms with Gasteiger partial charge in [-0.3, -0.25) is 19.4 Å². The molecule has 0 radical (unpaired) electrons. The molecule has 166 valence electrons. The summed E-state index contributed by atoms with van der Waals surface area (Å²) in [4.78, 5) is 50.8. The number of carboxylic acid groups (broad SMARTS) is 1. The van der Waals surface area contributed by atoms with Crippen molar-refractivity contribution < 1.29 is 34.5 Å². The number of carbonyl (C=O) groups is 4. The average Bonchev–Trinajstić information content (AvgIpc) is 2.66. The van der Waals surface area contributed by atoms with Crippen LogP contribution >= 0.6 is 0 Å². The van der Waals surface area contributed by atoms with Crippen LogP contribution in [0.2, 0.25) is 0 Å². The number of aliphatic hydroxyl groups excluding tert-OH is 2. The fourth-order valence-electron chi connectivity index (χ4n) is 1.99. The number of guanidine groups is 1. The lowest BCUT2D eigenvalue weighted by atomic mass is 10.1. The van der Waals surface area contributed by atoms with E-state index in [1.165, 1.54) is 6.92 Å². The molecule has 0 aromatic carbocycles. The summed E-state index contributed by atoms with van der Waals surface area (Å²) < 4.78 is 0. The minimum Gasteiger partial charge on any atom is -0.480 e. The van der Waals surface area contributed by atoms with Crippen molar-refractivity contribution in [2.24, 2.45) is 22.2 Å². The number of carboxylic acids is 1. The quantitative estimate of drug-likeness (QED) is 0.0779. The number of amides is 3. The summed E-state index contributed by atoms with van der Waals surface area (Å²) >= 11 is 0. The molecule has 0 aliphatic heterocycles. The first kappa shape index (κ1) is 26.0. The van der Waals surface area contributed by atoms with E-state index in [2.05, 4.69) is 20.9 Å². The van der Waals surface area contributed by atoms with Gasteiger partial charge in [0.1, 0.15) is 24.2 Å².